The highest BCUT2D eigenvalue weighted by Crippen LogP contribution is 2.01. The summed E-state index contributed by atoms with van der Waals surface area (Å²) in [5, 5.41) is 33.1. The summed E-state index contributed by atoms with van der Waals surface area (Å²) >= 11 is 3.79. The van der Waals surface area contributed by atoms with Crippen molar-refractivity contribution in [3.05, 3.63) is 0 Å². The minimum absolute atomic E-state index is 0.216. The number of carbonyl (C=O) groups excluding carboxylic acids is 3. The number of amides is 3. The Labute approximate surface area is 160 Å². The lowest BCUT2D eigenvalue weighted by atomic mass is 10.1. The summed E-state index contributed by atoms with van der Waals surface area (Å²) in [7, 11) is 0. The number of aliphatic hydroxyl groups is 1. The van der Waals surface area contributed by atoms with Crippen LogP contribution in [0.15, 0.2) is 0 Å². The Morgan fingerprint density at radius 1 is 0.963 bits per heavy atom. The summed E-state index contributed by atoms with van der Waals surface area (Å²) in [6.45, 7) is 0.654. The van der Waals surface area contributed by atoms with Crippen LogP contribution in [-0.2, 0) is 24.0 Å². The monoisotopic (exact) mass is 408 g/mol. The molecule has 27 heavy (non-hydrogen) atoms. The Morgan fingerprint density at radius 3 is 1.96 bits per heavy atom. The molecule has 0 aromatic rings. The number of thiol groups is 1. The maximum absolute atomic E-state index is 12.2. The Hall–Kier alpha value is -2.38. The van der Waals surface area contributed by atoms with Gasteiger partial charge in [0.25, 0.3) is 0 Å². The second-order valence-corrected chi connectivity index (χ2v) is 5.96. The van der Waals surface area contributed by atoms with E-state index in [2.05, 4.69) is 28.6 Å². The molecule has 0 aliphatic rings. The number of carbonyl (C=O) groups is 5. The van der Waals surface area contributed by atoms with Crippen LogP contribution in [0.25, 0.3) is 0 Å². The van der Waals surface area contributed by atoms with Crippen LogP contribution in [0.1, 0.15) is 19.8 Å². The second kappa shape index (κ2) is 12.1. The van der Waals surface area contributed by atoms with Crippen LogP contribution in [0.4, 0.5) is 0 Å². The molecule has 0 heterocycles. The summed E-state index contributed by atoms with van der Waals surface area (Å²) < 4.78 is 0. The minimum Gasteiger partial charge on any atom is -0.481 e. The number of hydrogen-bond donors (Lipinski definition) is 8. The molecule has 0 saturated heterocycles. The normalized spacial score (nSPS) is 15.0. The van der Waals surface area contributed by atoms with E-state index >= 15 is 0 Å². The molecule has 4 atom stereocenters. The molecule has 0 aliphatic heterocycles. The van der Waals surface area contributed by atoms with Crippen molar-refractivity contribution in [2.45, 2.75) is 43.9 Å². The lowest BCUT2D eigenvalue weighted by molar-refractivity contribution is -0.142. The van der Waals surface area contributed by atoms with Crippen molar-refractivity contribution in [2.75, 3.05) is 12.4 Å². The molecular formula is C14H24N4O8S. The molecule has 0 fully saturated rings. The van der Waals surface area contributed by atoms with Crippen molar-refractivity contribution in [3.63, 3.8) is 0 Å². The van der Waals surface area contributed by atoms with Crippen molar-refractivity contribution in [1.82, 2.24) is 16.0 Å². The molecule has 4 unspecified atom stereocenters. The molecule has 0 aromatic carbocycles. The first-order chi connectivity index (χ1) is 12.5. The first-order valence-corrected chi connectivity index (χ1v) is 8.49. The molecule has 0 aromatic heterocycles. The fourth-order valence-corrected chi connectivity index (χ4v) is 2.01. The standard InChI is InChI=1S/C14H24N4O8S/c1-6(16-12(23)7(15)4-19)11(22)17-8(2-3-10(20)21)13(24)18-9(5-27)14(25)26/h6-9,19,27H,2-5,15H2,1H3,(H,16,23)(H,17,22)(H,18,24)(H,20,21)(H,25,26). The van der Waals surface area contributed by atoms with Crippen LogP contribution in [-0.4, -0.2) is 81.5 Å². The zero-order chi connectivity index (χ0) is 21.1. The summed E-state index contributed by atoms with van der Waals surface area (Å²) in [6.07, 6.45) is -0.768. The highest BCUT2D eigenvalue weighted by Gasteiger charge is 2.28. The van der Waals surface area contributed by atoms with Crippen LogP contribution in [0.3, 0.4) is 0 Å². The number of hydrogen-bond acceptors (Lipinski definition) is 8. The van der Waals surface area contributed by atoms with Gasteiger partial charge in [0.1, 0.15) is 24.2 Å². The second-order valence-electron chi connectivity index (χ2n) is 5.59. The fraction of sp³-hybridized carbons (Fsp3) is 0.643. The van der Waals surface area contributed by atoms with Gasteiger partial charge in [0.15, 0.2) is 0 Å². The van der Waals surface area contributed by atoms with Crippen LogP contribution in [0.5, 0.6) is 0 Å². The third-order valence-electron chi connectivity index (χ3n) is 3.36. The number of carboxylic acid groups (broad SMARTS) is 2. The summed E-state index contributed by atoms with van der Waals surface area (Å²) in [5.74, 6) is -5.31. The molecule has 0 rings (SSSR count). The lowest BCUT2D eigenvalue weighted by Gasteiger charge is -2.23. The molecule has 13 heteroatoms. The molecule has 154 valence electrons. The van der Waals surface area contributed by atoms with Gasteiger partial charge in [-0.1, -0.05) is 0 Å². The first kappa shape index (κ1) is 24.6. The molecule has 0 bridgehead atoms. The van der Waals surface area contributed by atoms with Gasteiger partial charge in [-0.25, -0.2) is 4.79 Å². The van der Waals surface area contributed by atoms with Gasteiger partial charge in [0.05, 0.1) is 6.61 Å². The molecule has 8 N–H and O–H groups in total. The zero-order valence-electron chi connectivity index (χ0n) is 14.5. The van der Waals surface area contributed by atoms with Crippen molar-refractivity contribution in [2.24, 2.45) is 5.73 Å². The van der Waals surface area contributed by atoms with Crippen LogP contribution >= 0.6 is 12.6 Å². The smallest absolute Gasteiger partial charge is 0.327 e. The van der Waals surface area contributed by atoms with E-state index in [1.165, 1.54) is 6.92 Å². The Balaban J connectivity index is 5.04. The topological polar surface area (TPSA) is 208 Å². The van der Waals surface area contributed by atoms with Gasteiger partial charge in [-0.15, -0.1) is 0 Å². The van der Waals surface area contributed by atoms with Crippen molar-refractivity contribution < 1.29 is 39.3 Å². The molecule has 0 radical (unpaired) electrons. The van der Waals surface area contributed by atoms with Gasteiger partial charge in [0.2, 0.25) is 17.7 Å². The van der Waals surface area contributed by atoms with Crippen molar-refractivity contribution >= 4 is 42.3 Å². The van der Waals surface area contributed by atoms with E-state index in [9.17, 15) is 24.0 Å². The third kappa shape index (κ3) is 9.21. The summed E-state index contributed by atoms with van der Waals surface area (Å²) in [5.41, 5.74) is 5.31. The van der Waals surface area contributed by atoms with E-state index in [0.29, 0.717) is 0 Å². The third-order valence-corrected chi connectivity index (χ3v) is 3.73. The van der Waals surface area contributed by atoms with Crippen LogP contribution < -0.4 is 21.7 Å². The molecule has 3 amide bonds. The van der Waals surface area contributed by atoms with E-state index < -0.39 is 66.9 Å². The van der Waals surface area contributed by atoms with Gasteiger partial charge >= 0.3 is 11.9 Å². The van der Waals surface area contributed by atoms with E-state index in [0.717, 1.165) is 0 Å². The highest BCUT2D eigenvalue weighted by atomic mass is 32.1. The average molecular weight is 408 g/mol. The Bertz CT molecular complexity index is 573. The van der Waals surface area contributed by atoms with Gasteiger partial charge < -0.3 is 37.0 Å². The molecule has 12 nitrogen and oxygen atoms in total. The summed E-state index contributed by atoms with van der Waals surface area (Å²) in [4.78, 5) is 57.6. The quantitative estimate of drug-likeness (QED) is 0.152. The Morgan fingerprint density at radius 2 is 1.52 bits per heavy atom. The molecule has 0 aliphatic carbocycles. The number of aliphatic carboxylic acids is 2. The van der Waals surface area contributed by atoms with Crippen LogP contribution in [0.2, 0.25) is 0 Å². The van der Waals surface area contributed by atoms with Gasteiger partial charge in [-0.05, 0) is 13.3 Å². The van der Waals surface area contributed by atoms with E-state index in [1.807, 2.05) is 0 Å². The van der Waals surface area contributed by atoms with E-state index in [-0.39, 0.29) is 12.2 Å². The van der Waals surface area contributed by atoms with Crippen LogP contribution in [0, 0.1) is 0 Å². The van der Waals surface area contributed by atoms with Gasteiger partial charge in [-0.3, -0.25) is 19.2 Å². The number of nitrogens with one attached hydrogen (secondary N) is 3. The Kier molecular flexibility index (Phi) is 11.0. The van der Waals surface area contributed by atoms with Gasteiger partial charge in [-0.2, -0.15) is 12.6 Å². The SMILES string of the molecule is CC(NC(=O)C(N)CO)C(=O)NC(CCC(=O)O)C(=O)NC(CS)C(=O)O. The number of nitrogens with two attached hydrogens (primary N) is 1. The molecule has 0 saturated carbocycles. The minimum atomic E-state index is -1.35. The largest absolute Gasteiger partial charge is 0.481 e. The van der Waals surface area contributed by atoms with Gasteiger partial charge in [0, 0.05) is 12.2 Å². The fourth-order valence-electron chi connectivity index (χ4n) is 1.76. The lowest BCUT2D eigenvalue weighted by Crippen LogP contribution is -2.56. The number of aliphatic hydroxyl groups excluding tert-OH is 1. The maximum atomic E-state index is 12.2. The number of rotatable bonds is 12. The number of carboxylic acids is 2. The average Bonchev–Trinajstić information content (AvgIpc) is 2.60. The van der Waals surface area contributed by atoms with Crippen molar-refractivity contribution in [1.29, 1.82) is 0 Å². The van der Waals surface area contributed by atoms with Crippen molar-refractivity contribution in [3.8, 4) is 0 Å². The van der Waals surface area contributed by atoms with E-state index in [4.69, 9.17) is 21.1 Å². The zero-order valence-corrected chi connectivity index (χ0v) is 15.4. The molecular weight excluding hydrogens is 384 g/mol. The predicted octanol–water partition coefficient (Wildman–Crippen LogP) is -3.34. The first-order valence-electron chi connectivity index (χ1n) is 7.86. The molecule has 0 spiro atoms. The highest BCUT2D eigenvalue weighted by molar-refractivity contribution is 7.80. The summed E-state index contributed by atoms with van der Waals surface area (Å²) in [6, 6.07) is -5.06. The van der Waals surface area contributed by atoms with E-state index in [1.54, 1.807) is 0 Å². The predicted molar refractivity (Wildman–Crippen MR) is 94.9 cm³/mol. The maximum Gasteiger partial charge on any atom is 0.327 e.